The molecule has 25 heavy (non-hydrogen) atoms. The van der Waals surface area contributed by atoms with Crippen molar-refractivity contribution in [3.8, 4) is 11.5 Å². The molecule has 6 nitrogen and oxygen atoms in total. The van der Waals surface area contributed by atoms with Gasteiger partial charge in [-0.3, -0.25) is 9.59 Å². The van der Waals surface area contributed by atoms with Gasteiger partial charge in [-0.1, -0.05) is 18.2 Å². The lowest BCUT2D eigenvalue weighted by atomic mass is 10.1. The molecule has 0 atom stereocenters. The third-order valence-corrected chi connectivity index (χ3v) is 3.65. The first-order valence-corrected chi connectivity index (χ1v) is 7.76. The molecule has 1 heterocycles. The van der Waals surface area contributed by atoms with Crippen LogP contribution in [-0.4, -0.2) is 25.2 Å². The topological polar surface area (TPSA) is 76.7 Å². The predicted octanol–water partition coefficient (Wildman–Crippen LogP) is 1.53. The van der Waals surface area contributed by atoms with Crippen molar-refractivity contribution >= 4 is 11.8 Å². The Balaban J connectivity index is 1.40. The molecule has 0 bridgehead atoms. The molecule has 3 rings (SSSR count). The van der Waals surface area contributed by atoms with Crippen LogP contribution >= 0.6 is 0 Å². The van der Waals surface area contributed by atoms with Gasteiger partial charge in [0.05, 0.1) is 13.0 Å². The molecule has 1 aliphatic rings. The number of amides is 2. The van der Waals surface area contributed by atoms with E-state index in [9.17, 15) is 14.0 Å². The molecule has 0 aliphatic carbocycles. The normalized spacial score (nSPS) is 11.9. The molecule has 0 unspecified atom stereocenters. The second kappa shape index (κ2) is 7.65. The maximum atomic E-state index is 12.8. The molecule has 130 valence electrons. The number of hydrogen-bond acceptors (Lipinski definition) is 4. The van der Waals surface area contributed by atoms with Crippen molar-refractivity contribution in [1.82, 2.24) is 10.6 Å². The van der Waals surface area contributed by atoms with E-state index in [4.69, 9.17) is 9.47 Å². The van der Waals surface area contributed by atoms with Crippen LogP contribution in [0.5, 0.6) is 11.5 Å². The summed E-state index contributed by atoms with van der Waals surface area (Å²) in [6, 6.07) is 11.1. The molecule has 2 aromatic rings. The monoisotopic (exact) mass is 344 g/mol. The Labute approximate surface area is 143 Å². The minimum absolute atomic E-state index is 0.0930. The molecule has 0 spiro atoms. The highest BCUT2D eigenvalue weighted by molar-refractivity contribution is 5.85. The Morgan fingerprint density at radius 1 is 0.920 bits per heavy atom. The average Bonchev–Trinajstić information content (AvgIpc) is 3.08. The van der Waals surface area contributed by atoms with Gasteiger partial charge in [0.2, 0.25) is 18.6 Å². The van der Waals surface area contributed by atoms with Crippen LogP contribution in [0.15, 0.2) is 42.5 Å². The van der Waals surface area contributed by atoms with E-state index in [2.05, 4.69) is 10.6 Å². The summed E-state index contributed by atoms with van der Waals surface area (Å²) in [4.78, 5) is 23.6. The molecule has 2 amide bonds. The van der Waals surface area contributed by atoms with Gasteiger partial charge in [-0.25, -0.2) is 4.39 Å². The number of rotatable bonds is 6. The van der Waals surface area contributed by atoms with Crippen molar-refractivity contribution < 1.29 is 23.5 Å². The van der Waals surface area contributed by atoms with Gasteiger partial charge < -0.3 is 20.1 Å². The summed E-state index contributed by atoms with van der Waals surface area (Å²) in [5, 5.41) is 5.25. The van der Waals surface area contributed by atoms with Crippen LogP contribution in [0.2, 0.25) is 0 Å². The van der Waals surface area contributed by atoms with E-state index in [0.717, 1.165) is 5.56 Å². The molecular weight excluding hydrogens is 327 g/mol. The predicted molar refractivity (Wildman–Crippen MR) is 87.5 cm³/mol. The zero-order valence-corrected chi connectivity index (χ0v) is 13.4. The Morgan fingerprint density at radius 3 is 2.44 bits per heavy atom. The second-order valence-electron chi connectivity index (χ2n) is 5.54. The van der Waals surface area contributed by atoms with Gasteiger partial charge in [0, 0.05) is 6.54 Å². The first kappa shape index (κ1) is 16.8. The van der Waals surface area contributed by atoms with Crippen molar-refractivity contribution in [2.45, 2.75) is 13.0 Å². The number of carbonyl (C=O) groups is 2. The van der Waals surface area contributed by atoms with Gasteiger partial charge >= 0.3 is 0 Å². The van der Waals surface area contributed by atoms with Gasteiger partial charge in [0.15, 0.2) is 11.5 Å². The number of benzene rings is 2. The summed E-state index contributed by atoms with van der Waals surface area (Å²) in [6.07, 6.45) is 0.0930. The summed E-state index contributed by atoms with van der Waals surface area (Å²) in [6.45, 7) is 0.402. The van der Waals surface area contributed by atoms with Crippen molar-refractivity contribution in [2.75, 3.05) is 13.3 Å². The fraction of sp³-hybridized carbons (Fsp3) is 0.222. The third-order valence-electron chi connectivity index (χ3n) is 3.65. The number of hydrogen-bond donors (Lipinski definition) is 2. The largest absolute Gasteiger partial charge is 0.454 e. The number of carbonyl (C=O) groups excluding carboxylic acids is 2. The average molecular weight is 344 g/mol. The highest BCUT2D eigenvalue weighted by Crippen LogP contribution is 2.32. The second-order valence-corrected chi connectivity index (χ2v) is 5.54. The smallest absolute Gasteiger partial charge is 0.239 e. The zero-order valence-electron chi connectivity index (χ0n) is 13.4. The maximum Gasteiger partial charge on any atom is 0.239 e. The van der Waals surface area contributed by atoms with Crippen molar-refractivity contribution in [2.24, 2.45) is 0 Å². The molecule has 0 saturated heterocycles. The fourth-order valence-corrected chi connectivity index (χ4v) is 2.34. The molecule has 0 saturated carbocycles. The standard InChI is InChI=1S/C18H17FN2O4/c19-14-4-1-12(2-5-14)8-17(22)21-10-18(23)20-9-13-3-6-15-16(7-13)25-11-24-15/h1-7H,8-11H2,(H,20,23)(H,21,22). The minimum atomic E-state index is -0.355. The highest BCUT2D eigenvalue weighted by Gasteiger charge is 2.13. The number of halogens is 1. The number of fused-ring (bicyclic) bond motifs is 1. The van der Waals surface area contributed by atoms with E-state index >= 15 is 0 Å². The molecule has 0 fully saturated rings. The van der Waals surface area contributed by atoms with E-state index in [0.29, 0.717) is 23.6 Å². The first-order chi connectivity index (χ1) is 12.1. The number of nitrogens with one attached hydrogen (secondary N) is 2. The summed E-state index contributed by atoms with van der Waals surface area (Å²) in [7, 11) is 0. The lowest BCUT2D eigenvalue weighted by molar-refractivity contribution is -0.125. The highest BCUT2D eigenvalue weighted by atomic mass is 19.1. The van der Waals surface area contributed by atoms with E-state index < -0.39 is 0 Å². The summed E-state index contributed by atoms with van der Waals surface area (Å²) >= 11 is 0. The molecular formula is C18H17FN2O4. The molecule has 0 radical (unpaired) electrons. The first-order valence-electron chi connectivity index (χ1n) is 7.76. The Hall–Kier alpha value is -3.09. The summed E-state index contributed by atoms with van der Waals surface area (Å²) < 4.78 is 23.3. The minimum Gasteiger partial charge on any atom is -0.454 e. The van der Waals surface area contributed by atoms with Crippen LogP contribution in [0.1, 0.15) is 11.1 Å². The third kappa shape index (κ3) is 4.69. The van der Waals surface area contributed by atoms with Gasteiger partial charge in [0.1, 0.15) is 5.82 Å². The quantitative estimate of drug-likeness (QED) is 0.833. The van der Waals surface area contributed by atoms with E-state index in [-0.39, 0.29) is 37.4 Å². The van der Waals surface area contributed by atoms with Crippen LogP contribution in [0, 0.1) is 5.82 Å². The van der Waals surface area contributed by atoms with Crippen LogP contribution in [-0.2, 0) is 22.6 Å². The van der Waals surface area contributed by atoms with Crippen molar-refractivity contribution in [3.05, 3.63) is 59.4 Å². The van der Waals surface area contributed by atoms with Crippen LogP contribution in [0.3, 0.4) is 0 Å². The Morgan fingerprint density at radius 2 is 1.64 bits per heavy atom. The number of ether oxygens (including phenoxy) is 2. The van der Waals surface area contributed by atoms with Crippen molar-refractivity contribution in [1.29, 1.82) is 0 Å². The van der Waals surface area contributed by atoms with Gasteiger partial charge in [-0.15, -0.1) is 0 Å². The Kier molecular flexibility index (Phi) is 5.13. The fourth-order valence-electron chi connectivity index (χ4n) is 2.34. The maximum absolute atomic E-state index is 12.8. The van der Waals surface area contributed by atoms with E-state index in [1.165, 1.54) is 24.3 Å². The van der Waals surface area contributed by atoms with Crippen LogP contribution in [0.4, 0.5) is 4.39 Å². The SMILES string of the molecule is O=C(CNC(=O)Cc1ccc(F)cc1)NCc1ccc2c(c1)OCO2. The molecule has 0 aromatic heterocycles. The summed E-state index contributed by atoms with van der Waals surface area (Å²) in [5.74, 6) is 0.379. The van der Waals surface area contributed by atoms with Crippen LogP contribution < -0.4 is 20.1 Å². The van der Waals surface area contributed by atoms with Gasteiger partial charge in [0.25, 0.3) is 0 Å². The van der Waals surface area contributed by atoms with Gasteiger partial charge in [-0.2, -0.15) is 0 Å². The molecule has 2 aromatic carbocycles. The zero-order chi connectivity index (χ0) is 17.6. The molecule has 1 aliphatic heterocycles. The molecule has 2 N–H and O–H groups in total. The Bertz CT molecular complexity index is 777. The lowest BCUT2D eigenvalue weighted by Crippen LogP contribution is -2.37. The molecule has 7 heteroatoms. The van der Waals surface area contributed by atoms with Gasteiger partial charge in [-0.05, 0) is 35.4 Å². The summed E-state index contributed by atoms with van der Waals surface area (Å²) in [5.41, 5.74) is 1.55. The van der Waals surface area contributed by atoms with E-state index in [1.54, 1.807) is 12.1 Å². The van der Waals surface area contributed by atoms with Crippen LogP contribution in [0.25, 0.3) is 0 Å². The lowest BCUT2D eigenvalue weighted by Gasteiger charge is -2.08. The van der Waals surface area contributed by atoms with E-state index in [1.807, 2.05) is 6.07 Å². The van der Waals surface area contributed by atoms with Crippen molar-refractivity contribution in [3.63, 3.8) is 0 Å².